The average Bonchev–Trinajstić information content (AvgIpc) is 3.13. The van der Waals surface area contributed by atoms with Crippen LogP contribution in [0.15, 0.2) is 29.3 Å². The molecule has 0 atom stereocenters. The van der Waals surface area contributed by atoms with Gasteiger partial charge in [-0.25, -0.2) is 0 Å². The first-order valence-electron chi connectivity index (χ1n) is 8.77. The molecule has 5 nitrogen and oxygen atoms in total. The first-order valence-corrected chi connectivity index (χ1v) is 8.77. The molecule has 0 bridgehead atoms. The molecule has 1 saturated carbocycles. The van der Waals surface area contributed by atoms with Crippen LogP contribution in [0.1, 0.15) is 31.2 Å². The number of alkyl halides is 2. The van der Waals surface area contributed by atoms with Crippen LogP contribution in [-0.2, 0) is 6.54 Å². The summed E-state index contributed by atoms with van der Waals surface area (Å²) in [6.07, 6.45) is 5.21. The topological polar surface area (TPSA) is 48.9 Å². The van der Waals surface area contributed by atoms with Crippen molar-refractivity contribution in [1.82, 2.24) is 15.5 Å². The molecule has 2 rings (SSSR count). The third-order valence-electron chi connectivity index (χ3n) is 4.56. The highest BCUT2D eigenvalue weighted by Crippen LogP contribution is 2.22. The summed E-state index contributed by atoms with van der Waals surface area (Å²) in [6.45, 7) is -0.746. The quantitative estimate of drug-likeness (QED) is 0.339. The average molecular weight is 482 g/mol. The molecule has 0 aliphatic heterocycles. The highest BCUT2D eigenvalue weighted by molar-refractivity contribution is 14.0. The Balaban J connectivity index is 0.00000338. The molecule has 0 heterocycles. The molecule has 1 aromatic carbocycles. The van der Waals surface area contributed by atoms with Crippen LogP contribution in [0, 0.1) is 0 Å². The summed E-state index contributed by atoms with van der Waals surface area (Å²) in [5.41, 5.74) is 0.661. The Labute approximate surface area is 171 Å². The van der Waals surface area contributed by atoms with E-state index in [-0.39, 0.29) is 29.7 Å². The summed E-state index contributed by atoms with van der Waals surface area (Å²) in [5.74, 6) is 0.827. The van der Waals surface area contributed by atoms with Crippen molar-refractivity contribution >= 4 is 29.9 Å². The van der Waals surface area contributed by atoms with Gasteiger partial charge in [-0.2, -0.15) is 8.78 Å². The first-order chi connectivity index (χ1) is 12.1. The van der Waals surface area contributed by atoms with Crippen LogP contribution in [0.25, 0.3) is 0 Å². The van der Waals surface area contributed by atoms with E-state index in [9.17, 15) is 8.78 Å². The lowest BCUT2D eigenvalue weighted by molar-refractivity contribution is -0.0504. The monoisotopic (exact) mass is 482 g/mol. The summed E-state index contributed by atoms with van der Waals surface area (Å²) < 4.78 is 29.4. The van der Waals surface area contributed by atoms with Gasteiger partial charge in [-0.3, -0.25) is 4.99 Å². The Morgan fingerprint density at radius 2 is 1.96 bits per heavy atom. The molecule has 0 aromatic heterocycles. The fourth-order valence-electron chi connectivity index (χ4n) is 3.14. The number of guanidine groups is 1. The van der Waals surface area contributed by atoms with Crippen molar-refractivity contribution in [2.45, 2.75) is 44.9 Å². The Kier molecular flexibility index (Phi) is 10.8. The van der Waals surface area contributed by atoms with Gasteiger partial charge in [0.1, 0.15) is 5.75 Å². The number of hydrogen-bond donors (Lipinski definition) is 2. The number of ether oxygens (including phenoxy) is 1. The number of halogens is 3. The van der Waals surface area contributed by atoms with Crippen LogP contribution in [0.4, 0.5) is 8.78 Å². The molecule has 1 aromatic rings. The standard InChI is InChI=1S/C18H28F2N4O.HI/c1-21-18(22-11-12-24(2)15-8-4-5-9-15)23-13-14-7-3-6-10-16(14)25-17(19)20;/h3,6-7,10,15,17H,4-5,8-9,11-13H2,1-2H3,(H2,21,22,23);1H. The van der Waals surface area contributed by atoms with Gasteiger partial charge in [0.25, 0.3) is 0 Å². The molecule has 0 spiro atoms. The summed E-state index contributed by atoms with van der Waals surface area (Å²) in [7, 11) is 3.85. The SMILES string of the molecule is CN=C(NCCN(C)C1CCCC1)NCc1ccccc1OC(F)F.I. The van der Waals surface area contributed by atoms with Crippen molar-refractivity contribution < 1.29 is 13.5 Å². The molecule has 1 aliphatic rings. The highest BCUT2D eigenvalue weighted by Gasteiger charge is 2.18. The second kappa shape index (κ2) is 12.3. The second-order valence-corrected chi connectivity index (χ2v) is 6.26. The smallest absolute Gasteiger partial charge is 0.387 e. The molecule has 26 heavy (non-hydrogen) atoms. The van der Waals surface area contributed by atoms with Crippen molar-refractivity contribution in [1.29, 1.82) is 0 Å². The maximum Gasteiger partial charge on any atom is 0.387 e. The summed E-state index contributed by atoms with van der Waals surface area (Å²) in [4.78, 5) is 6.56. The molecule has 0 radical (unpaired) electrons. The zero-order chi connectivity index (χ0) is 18.1. The van der Waals surface area contributed by atoms with Crippen molar-refractivity contribution in [3.63, 3.8) is 0 Å². The Hall–Kier alpha value is -1.16. The van der Waals surface area contributed by atoms with Gasteiger partial charge >= 0.3 is 6.61 Å². The fraction of sp³-hybridized carbons (Fsp3) is 0.611. The number of rotatable bonds is 8. The fourth-order valence-corrected chi connectivity index (χ4v) is 3.14. The molecule has 1 fully saturated rings. The normalized spacial score (nSPS) is 15.2. The van der Waals surface area contributed by atoms with Crippen LogP contribution in [0.2, 0.25) is 0 Å². The lowest BCUT2D eigenvalue weighted by Gasteiger charge is -2.24. The summed E-state index contributed by atoms with van der Waals surface area (Å²) in [6, 6.07) is 7.45. The number of para-hydroxylation sites is 1. The Morgan fingerprint density at radius 3 is 2.62 bits per heavy atom. The van der Waals surface area contributed by atoms with Gasteiger partial charge in [-0.15, -0.1) is 24.0 Å². The number of nitrogens with one attached hydrogen (secondary N) is 2. The molecule has 8 heteroatoms. The molecular formula is C18H29F2IN4O. The minimum absolute atomic E-state index is 0. The number of hydrogen-bond acceptors (Lipinski definition) is 3. The number of nitrogens with zero attached hydrogens (tertiary/aromatic N) is 2. The van der Waals surface area contributed by atoms with Crippen LogP contribution in [-0.4, -0.2) is 50.7 Å². The van der Waals surface area contributed by atoms with Gasteiger partial charge in [-0.1, -0.05) is 31.0 Å². The lowest BCUT2D eigenvalue weighted by atomic mass is 10.2. The highest BCUT2D eigenvalue weighted by atomic mass is 127. The number of likely N-dealkylation sites (N-methyl/N-ethyl adjacent to an activating group) is 1. The van der Waals surface area contributed by atoms with Crippen molar-refractivity contribution in [2.75, 3.05) is 27.2 Å². The molecule has 0 saturated heterocycles. The second-order valence-electron chi connectivity index (χ2n) is 6.26. The molecule has 0 amide bonds. The maximum atomic E-state index is 12.5. The number of benzene rings is 1. The predicted octanol–water partition coefficient (Wildman–Crippen LogP) is 3.45. The minimum atomic E-state index is -2.83. The summed E-state index contributed by atoms with van der Waals surface area (Å²) in [5, 5.41) is 6.40. The molecule has 148 valence electrons. The molecule has 1 aliphatic carbocycles. The number of aliphatic imine (C=N–C) groups is 1. The van der Waals surface area contributed by atoms with E-state index in [0.717, 1.165) is 13.1 Å². The van der Waals surface area contributed by atoms with E-state index in [1.807, 2.05) is 0 Å². The van der Waals surface area contributed by atoms with Gasteiger partial charge in [0.2, 0.25) is 0 Å². The van der Waals surface area contributed by atoms with Gasteiger partial charge < -0.3 is 20.3 Å². The third kappa shape index (κ3) is 7.61. The largest absolute Gasteiger partial charge is 0.434 e. The lowest BCUT2D eigenvalue weighted by Crippen LogP contribution is -2.42. The van der Waals surface area contributed by atoms with E-state index in [1.54, 1.807) is 25.2 Å². The van der Waals surface area contributed by atoms with Gasteiger partial charge in [0, 0.05) is 38.3 Å². The molecule has 0 unspecified atom stereocenters. The van der Waals surface area contributed by atoms with E-state index in [1.165, 1.54) is 31.7 Å². The molecule has 2 N–H and O–H groups in total. The zero-order valence-corrected chi connectivity index (χ0v) is 17.7. The van der Waals surface area contributed by atoms with E-state index < -0.39 is 6.61 Å². The van der Waals surface area contributed by atoms with E-state index >= 15 is 0 Å². The van der Waals surface area contributed by atoms with Crippen molar-refractivity contribution in [3.8, 4) is 5.75 Å². The third-order valence-corrected chi connectivity index (χ3v) is 4.56. The van der Waals surface area contributed by atoms with Crippen LogP contribution in [0.5, 0.6) is 5.75 Å². The zero-order valence-electron chi connectivity index (χ0n) is 15.4. The van der Waals surface area contributed by atoms with Gasteiger partial charge in [-0.05, 0) is 26.0 Å². The maximum absolute atomic E-state index is 12.5. The van der Waals surface area contributed by atoms with Crippen LogP contribution in [0.3, 0.4) is 0 Å². The van der Waals surface area contributed by atoms with Gasteiger partial charge in [0.05, 0.1) is 0 Å². The van der Waals surface area contributed by atoms with Crippen LogP contribution < -0.4 is 15.4 Å². The van der Waals surface area contributed by atoms with E-state index in [2.05, 4.69) is 32.3 Å². The molecular weight excluding hydrogens is 453 g/mol. The van der Waals surface area contributed by atoms with E-state index in [4.69, 9.17) is 0 Å². The van der Waals surface area contributed by atoms with Crippen molar-refractivity contribution in [3.05, 3.63) is 29.8 Å². The summed E-state index contributed by atoms with van der Waals surface area (Å²) >= 11 is 0. The van der Waals surface area contributed by atoms with Gasteiger partial charge in [0.15, 0.2) is 5.96 Å². The van der Waals surface area contributed by atoms with Crippen LogP contribution >= 0.6 is 24.0 Å². The van der Waals surface area contributed by atoms with E-state index in [0.29, 0.717) is 24.1 Å². The van der Waals surface area contributed by atoms with Crippen molar-refractivity contribution in [2.24, 2.45) is 4.99 Å². The Morgan fingerprint density at radius 1 is 1.27 bits per heavy atom. The minimum Gasteiger partial charge on any atom is -0.434 e. The first kappa shape index (κ1) is 22.9. The Bertz CT molecular complexity index is 554. The predicted molar refractivity (Wildman–Crippen MR) is 112 cm³/mol.